The number of nitrogens with zero attached hydrogens (tertiary/aromatic N) is 1. The number of piperidine rings is 1. The van der Waals surface area contributed by atoms with Crippen LogP contribution in [0.15, 0.2) is 83.8 Å². The second-order valence-electron chi connectivity index (χ2n) is 9.24. The van der Waals surface area contributed by atoms with Gasteiger partial charge in [0.05, 0.1) is 17.1 Å². The smallest absolute Gasteiger partial charge is 0.407 e. The van der Waals surface area contributed by atoms with Crippen molar-refractivity contribution in [2.24, 2.45) is 5.92 Å². The van der Waals surface area contributed by atoms with Crippen LogP contribution < -0.4 is 15.4 Å². The van der Waals surface area contributed by atoms with Crippen LogP contribution in [0.4, 0.5) is 10.5 Å². The summed E-state index contributed by atoms with van der Waals surface area (Å²) in [6, 6.07) is 22.0. The van der Waals surface area contributed by atoms with Crippen LogP contribution in [0.25, 0.3) is 11.1 Å². The highest BCUT2D eigenvalue weighted by atomic mass is 32.2. The highest BCUT2D eigenvalue weighted by Crippen LogP contribution is 2.29. The molecule has 0 aliphatic carbocycles. The number of sulfonamides is 1. The molecule has 10 nitrogen and oxygen atoms in total. The third-order valence-electron chi connectivity index (χ3n) is 6.57. The Balaban J connectivity index is 1.29. The molecule has 0 radical (unpaired) electrons. The van der Waals surface area contributed by atoms with Crippen molar-refractivity contribution in [3.63, 3.8) is 0 Å². The number of carbonyl (C=O) groups excluding carboxylic acids is 2. The third-order valence-corrected chi connectivity index (χ3v) is 7.95. The van der Waals surface area contributed by atoms with Gasteiger partial charge in [0.15, 0.2) is 0 Å². The molecular formula is C28H30N4O6S. The Kier molecular flexibility index (Phi) is 8.82. The Morgan fingerprint density at radius 1 is 0.846 bits per heavy atom. The lowest BCUT2D eigenvalue weighted by Crippen LogP contribution is -2.43. The van der Waals surface area contributed by atoms with Crippen molar-refractivity contribution in [1.29, 1.82) is 0 Å². The summed E-state index contributed by atoms with van der Waals surface area (Å²) in [5.74, 6) is -0.682. The van der Waals surface area contributed by atoms with E-state index in [4.69, 9.17) is 5.11 Å². The average Bonchev–Trinajstić information content (AvgIpc) is 2.95. The first-order valence-electron chi connectivity index (χ1n) is 12.5. The topological polar surface area (TPSA) is 145 Å². The van der Waals surface area contributed by atoms with Gasteiger partial charge >= 0.3 is 6.09 Å². The summed E-state index contributed by atoms with van der Waals surface area (Å²) in [5.41, 5.74) is 2.26. The molecule has 3 amide bonds. The van der Waals surface area contributed by atoms with Gasteiger partial charge in [0.25, 0.3) is 15.9 Å². The second-order valence-corrected chi connectivity index (χ2v) is 10.9. The molecular weight excluding hydrogens is 520 g/mol. The van der Waals surface area contributed by atoms with Gasteiger partial charge in [-0.15, -0.1) is 0 Å². The molecule has 204 valence electrons. The van der Waals surface area contributed by atoms with Crippen LogP contribution in [0.1, 0.15) is 23.2 Å². The minimum Gasteiger partial charge on any atom is -0.465 e. The molecule has 0 saturated carbocycles. The largest absolute Gasteiger partial charge is 0.465 e. The molecule has 4 rings (SSSR count). The Morgan fingerprint density at radius 2 is 1.49 bits per heavy atom. The van der Waals surface area contributed by atoms with E-state index in [1.807, 2.05) is 42.5 Å². The predicted octanol–water partition coefficient (Wildman–Crippen LogP) is 3.39. The number of amides is 3. The number of likely N-dealkylation sites (tertiary alicyclic amines) is 1. The summed E-state index contributed by atoms with van der Waals surface area (Å²) in [5, 5.41) is 14.3. The molecule has 1 saturated heterocycles. The van der Waals surface area contributed by atoms with Crippen LogP contribution in [0.2, 0.25) is 0 Å². The second kappa shape index (κ2) is 12.4. The highest BCUT2D eigenvalue weighted by Gasteiger charge is 2.23. The van der Waals surface area contributed by atoms with Crippen LogP contribution in [-0.4, -0.2) is 62.5 Å². The monoisotopic (exact) mass is 550 g/mol. The lowest BCUT2D eigenvalue weighted by molar-refractivity contribution is -0.120. The van der Waals surface area contributed by atoms with Gasteiger partial charge in [-0.25, -0.2) is 13.2 Å². The molecule has 3 aromatic rings. The maximum absolute atomic E-state index is 13.0. The Hall–Kier alpha value is -4.38. The van der Waals surface area contributed by atoms with E-state index in [0.717, 1.165) is 11.1 Å². The number of para-hydroxylation sites is 1. The zero-order valence-electron chi connectivity index (χ0n) is 21.2. The van der Waals surface area contributed by atoms with E-state index in [9.17, 15) is 22.8 Å². The molecule has 3 aromatic carbocycles. The maximum atomic E-state index is 13.0. The molecule has 1 fully saturated rings. The fraction of sp³-hybridized carbons (Fsp3) is 0.250. The summed E-state index contributed by atoms with van der Waals surface area (Å²) >= 11 is 0. The number of nitrogens with one attached hydrogen (secondary N) is 3. The quantitative estimate of drug-likeness (QED) is 0.321. The van der Waals surface area contributed by atoms with E-state index in [2.05, 4.69) is 15.4 Å². The van der Waals surface area contributed by atoms with Crippen molar-refractivity contribution in [3.8, 4) is 11.1 Å². The standard InChI is InChI=1S/C28H30N4O6S/c33-26(29-18-20-14-16-32(17-15-20)28(35)36)19-30-27(34)22-10-12-23(13-11-22)39(37,38)31-25-9-5-4-8-24(25)21-6-2-1-3-7-21/h1-13,20,31H,14-19H2,(H,29,33)(H,30,34)(H,35,36). The minimum atomic E-state index is -3.92. The van der Waals surface area contributed by atoms with Crippen molar-refractivity contribution in [3.05, 3.63) is 84.4 Å². The number of carbonyl (C=O) groups is 3. The summed E-state index contributed by atoms with van der Waals surface area (Å²) in [6.45, 7) is 1.06. The first-order chi connectivity index (χ1) is 18.7. The van der Waals surface area contributed by atoms with Crippen molar-refractivity contribution in [2.45, 2.75) is 17.7 Å². The minimum absolute atomic E-state index is 0.00592. The highest BCUT2D eigenvalue weighted by molar-refractivity contribution is 7.92. The van der Waals surface area contributed by atoms with Gasteiger partial charge in [0.2, 0.25) is 5.91 Å². The van der Waals surface area contributed by atoms with Crippen LogP contribution in [0.5, 0.6) is 0 Å². The maximum Gasteiger partial charge on any atom is 0.407 e. The molecule has 11 heteroatoms. The lowest BCUT2D eigenvalue weighted by atomic mass is 9.97. The van der Waals surface area contributed by atoms with Crippen molar-refractivity contribution >= 4 is 33.6 Å². The third kappa shape index (κ3) is 7.35. The van der Waals surface area contributed by atoms with Crippen molar-refractivity contribution in [1.82, 2.24) is 15.5 Å². The first kappa shape index (κ1) is 27.6. The first-order valence-corrected chi connectivity index (χ1v) is 14.0. The van der Waals surface area contributed by atoms with Gasteiger partial charge in [-0.3, -0.25) is 14.3 Å². The van der Waals surface area contributed by atoms with Crippen molar-refractivity contribution in [2.75, 3.05) is 30.9 Å². The summed E-state index contributed by atoms with van der Waals surface area (Å²) in [6.07, 6.45) is 0.400. The van der Waals surface area contributed by atoms with Crippen molar-refractivity contribution < 1.29 is 27.9 Å². The SMILES string of the molecule is O=C(CNC(=O)c1ccc(S(=O)(=O)Nc2ccccc2-c2ccccc2)cc1)NCC1CCN(C(=O)O)CC1. The van der Waals surface area contributed by atoms with Gasteiger partial charge < -0.3 is 20.6 Å². The summed E-state index contributed by atoms with van der Waals surface area (Å²) in [7, 11) is -3.92. The molecule has 0 atom stereocenters. The van der Waals surface area contributed by atoms with Crippen LogP contribution in [-0.2, 0) is 14.8 Å². The molecule has 1 aliphatic rings. The van der Waals surface area contributed by atoms with Gasteiger partial charge in [0.1, 0.15) is 0 Å². The molecule has 39 heavy (non-hydrogen) atoms. The van der Waals surface area contributed by atoms with E-state index in [1.165, 1.54) is 29.2 Å². The molecule has 0 bridgehead atoms. The predicted molar refractivity (Wildman–Crippen MR) is 147 cm³/mol. The lowest BCUT2D eigenvalue weighted by Gasteiger charge is -2.29. The fourth-order valence-corrected chi connectivity index (χ4v) is 5.42. The average molecular weight is 551 g/mol. The zero-order chi connectivity index (χ0) is 27.8. The molecule has 0 spiro atoms. The number of benzene rings is 3. The number of hydrogen-bond donors (Lipinski definition) is 4. The van der Waals surface area contributed by atoms with Crippen LogP contribution in [0, 0.1) is 5.92 Å². The summed E-state index contributed by atoms with van der Waals surface area (Å²) in [4.78, 5) is 37.0. The van der Waals surface area contributed by atoms with Gasteiger partial charge in [-0.1, -0.05) is 48.5 Å². The van der Waals surface area contributed by atoms with E-state index < -0.39 is 22.0 Å². The number of carboxylic acid groups (broad SMARTS) is 1. The zero-order valence-corrected chi connectivity index (χ0v) is 22.0. The Bertz CT molecular complexity index is 1420. The number of rotatable bonds is 9. The van der Waals surface area contributed by atoms with Gasteiger partial charge in [-0.05, 0) is 54.7 Å². The normalized spacial score (nSPS) is 13.9. The molecule has 0 unspecified atom stereocenters. The Labute approximate surface area is 227 Å². The number of hydrogen-bond acceptors (Lipinski definition) is 5. The number of anilines is 1. The van der Waals surface area contributed by atoms with E-state index in [-0.39, 0.29) is 28.8 Å². The Morgan fingerprint density at radius 3 is 2.15 bits per heavy atom. The van der Waals surface area contributed by atoms with Gasteiger partial charge in [0, 0.05) is 30.8 Å². The van der Waals surface area contributed by atoms with E-state index in [0.29, 0.717) is 38.2 Å². The van der Waals surface area contributed by atoms with Crippen LogP contribution in [0.3, 0.4) is 0 Å². The molecule has 0 aromatic heterocycles. The molecule has 4 N–H and O–H groups in total. The van der Waals surface area contributed by atoms with E-state index >= 15 is 0 Å². The van der Waals surface area contributed by atoms with Crippen LogP contribution >= 0.6 is 0 Å². The summed E-state index contributed by atoms with van der Waals surface area (Å²) < 4.78 is 28.7. The van der Waals surface area contributed by atoms with Gasteiger partial charge in [-0.2, -0.15) is 0 Å². The molecule has 1 aliphatic heterocycles. The molecule has 1 heterocycles. The van der Waals surface area contributed by atoms with E-state index in [1.54, 1.807) is 12.1 Å². The fourth-order valence-electron chi connectivity index (χ4n) is 4.34.